The molecule has 0 atom stereocenters. The Morgan fingerprint density at radius 2 is 1.38 bits per heavy atom. The highest BCUT2D eigenvalue weighted by Gasteiger charge is 2.07. The lowest BCUT2D eigenvalue weighted by molar-refractivity contribution is 0.103. The number of carbonyl (C=O) groups is 1. The molecule has 0 N–H and O–H groups in total. The van der Waals surface area contributed by atoms with Gasteiger partial charge in [0.05, 0.1) is 0 Å². The highest BCUT2D eigenvalue weighted by atomic mass is 31.1. The molecule has 16 heavy (non-hydrogen) atoms. The third-order valence-electron chi connectivity index (χ3n) is 2.27. The van der Waals surface area contributed by atoms with Gasteiger partial charge in [-0.25, -0.2) is 0 Å². The fourth-order valence-corrected chi connectivity index (χ4v) is 1.70. The topological polar surface area (TPSA) is 34.1 Å². The van der Waals surface area contributed by atoms with Gasteiger partial charge in [0.1, 0.15) is 0 Å². The largest absolute Gasteiger partial charge is 0.289 e. The standard InChI is InChI=1S/C13H9O2P/c14-13(10-4-2-1-3-5-10)11-6-8-12(16-15)9-7-11/h1-9H. The molecule has 0 aliphatic heterocycles. The zero-order chi connectivity index (χ0) is 11.4. The Labute approximate surface area is 95.1 Å². The molecule has 0 aliphatic rings. The van der Waals surface area contributed by atoms with Crippen LogP contribution in [0.2, 0.25) is 0 Å². The number of rotatable bonds is 3. The van der Waals surface area contributed by atoms with Gasteiger partial charge < -0.3 is 0 Å². The molecule has 0 fully saturated rings. The van der Waals surface area contributed by atoms with Gasteiger partial charge in [-0.05, 0) is 24.3 Å². The van der Waals surface area contributed by atoms with Crippen molar-refractivity contribution in [1.82, 2.24) is 0 Å². The Bertz CT molecular complexity index is 503. The summed E-state index contributed by atoms with van der Waals surface area (Å²) in [4.78, 5) is 12.0. The van der Waals surface area contributed by atoms with Crippen molar-refractivity contribution in [2.45, 2.75) is 0 Å². The van der Waals surface area contributed by atoms with Crippen molar-refractivity contribution in [2.75, 3.05) is 0 Å². The van der Waals surface area contributed by atoms with Crippen LogP contribution in [0, 0.1) is 0 Å². The number of benzene rings is 2. The third-order valence-corrected chi connectivity index (χ3v) is 2.78. The van der Waals surface area contributed by atoms with Crippen LogP contribution in [0.1, 0.15) is 15.9 Å². The fraction of sp³-hybridized carbons (Fsp3) is 0. The Morgan fingerprint density at radius 3 is 1.94 bits per heavy atom. The maximum absolute atomic E-state index is 12.0. The van der Waals surface area contributed by atoms with Crippen molar-refractivity contribution >= 4 is 19.5 Å². The summed E-state index contributed by atoms with van der Waals surface area (Å²) in [6.45, 7) is 0. The summed E-state index contributed by atoms with van der Waals surface area (Å²) in [6.07, 6.45) is 0. The molecule has 0 amide bonds. The van der Waals surface area contributed by atoms with Crippen molar-refractivity contribution in [3.8, 4) is 0 Å². The van der Waals surface area contributed by atoms with Crippen molar-refractivity contribution < 1.29 is 9.36 Å². The second kappa shape index (κ2) is 4.82. The monoisotopic (exact) mass is 228 g/mol. The minimum absolute atomic E-state index is 0.0188. The molecule has 0 aromatic heterocycles. The summed E-state index contributed by atoms with van der Waals surface area (Å²) in [5.74, 6) is -0.0188. The molecule has 3 heteroatoms. The average molecular weight is 228 g/mol. The first-order valence-corrected chi connectivity index (χ1v) is 5.65. The highest BCUT2D eigenvalue weighted by Crippen LogP contribution is 2.09. The Balaban J connectivity index is 2.31. The third kappa shape index (κ3) is 2.23. The zero-order valence-corrected chi connectivity index (χ0v) is 9.35. The molecule has 78 valence electrons. The number of hydrogen-bond acceptors (Lipinski definition) is 2. The van der Waals surface area contributed by atoms with Crippen LogP contribution in [0.25, 0.3) is 0 Å². The molecule has 0 heterocycles. The lowest BCUT2D eigenvalue weighted by Crippen LogP contribution is -2.02. The summed E-state index contributed by atoms with van der Waals surface area (Å²) in [5.41, 5.74) is 1.27. The summed E-state index contributed by atoms with van der Waals surface area (Å²) in [5, 5.41) is 0.671. The van der Waals surface area contributed by atoms with E-state index in [1.807, 2.05) is 18.2 Å². The molecule has 0 radical (unpaired) electrons. The number of hydrogen-bond donors (Lipinski definition) is 0. The Morgan fingerprint density at radius 1 is 0.812 bits per heavy atom. The van der Waals surface area contributed by atoms with Gasteiger partial charge in [-0.2, -0.15) is 0 Å². The van der Waals surface area contributed by atoms with E-state index in [0.717, 1.165) is 0 Å². The van der Waals surface area contributed by atoms with Gasteiger partial charge in [0.2, 0.25) is 0 Å². The van der Waals surface area contributed by atoms with E-state index in [0.29, 0.717) is 16.4 Å². The van der Waals surface area contributed by atoms with Gasteiger partial charge in [-0.15, -0.1) is 0 Å². The van der Waals surface area contributed by atoms with Gasteiger partial charge in [-0.1, -0.05) is 30.3 Å². The van der Waals surface area contributed by atoms with Gasteiger partial charge in [0.15, 0.2) is 14.2 Å². The molecule has 0 aliphatic carbocycles. The van der Waals surface area contributed by atoms with E-state index in [1.165, 1.54) is 0 Å². The lowest BCUT2D eigenvalue weighted by atomic mass is 10.0. The maximum atomic E-state index is 12.0. The molecule has 0 saturated heterocycles. The normalized spacial score (nSPS) is 10.2. The average Bonchev–Trinajstić information content (AvgIpc) is 2.39. The minimum atomic E-state index is -0.0256. The molecule has 0 bridgehead atoms. The van der Waals surface area contributed by atoms with Crippen LogP contribution in [-0.2, 0) is 4.57 Å². The molecule has 2 aromatic rings. The lowest BCUT2D eigenvalue weighted by Gasteiger charge is -2.00. The molecular weight excluding hydrogens is 219 g/mol. The molecule has 0 spiro atoms. The van der Waals surface area contributed by atoms with E-state index in [1.54, 1.807) is 36.4 Å². The Hall–Kier alpha value is -1.79. The smallest absolute Gasteiger partial charge is 0.193 e. The van der Waals surface area contributed by atoms with E-state index in [4.69, 9.17) is 0 Å². The van der Waals surface area contributed by atoms with Crippen LogP contribution in [0.15, 0.2) is 54.6 Å². The summed E-state index contributed by atoms with van der Waals surface area (Å²) in [6, 6.07) is 15.8. The van der Waals surface area contributed by atoms with Gasteiger partial charge in [0, 0.05) is 16.4 Å². The highest BCUT2D eigenvalue weighted by molar-refractivity contribution is 7.34. The van der Waals surface area contributed by atoms with E-state index in [9.17, 15) is 9.36 Å². The maximum Gasteiger partial charge on any atom is 0.193 e. The first kappa shape index (κ1) is 10.7. The van der Waals surface area contributed by atoms with Crippen LogP contribution in [0.4, 0.5) is 0 Å². The predicted molar refractivity (Wildman–Crippen MR) is 63.6 cm³/mol. The van der Waals surface area contributed by atoms with Crippen LogP contribution in [0.3, 0.4) is 0 Å². The van der Waals surface area contributed by atoms with Crippen LogP contribution < -0.4 is 5.30 Å². The summed E-state index contributed by atoms with van der Waals surface area (Å²) in [7, 11) is -0.0256. The predicted octanol–water partition coefficient (Wildman–Crippen LogP) is 2.83. The summed E-state index contributed by atoms with van der Waals surface area (Å²) < 4.78 is 10.6. The second-order valence-electron chi connectivity index (χ2n) is 3.33. The number of carbonyl (C=O) groups excluding carboxylic acids is 1. The van der Waals surface area contributed by atoms with Crippen molar-refractivity contribution in [2.24, 2.45) is 0 Å². The van der Waals surface area contributed by atoms with Gasteiger partial charge >= 0.3 is 0 Å². The van der Waals surface area contributed by atoms with Crippen LogP contribution in [0.5, 0.6) is 0 Å². The molecular formula is C13H9O2P. The van der Waals surface area contributed by atoms with Gasteiger partial charge in [-0.3, -0.25) is 9.36 Å². The number of ketones is 1. The SMILES string of the molecule is O=Pc1ccc(C(=O)c2ccccc2)cc1. The zero-order valence-electron chi connectivity index (χ0n) is 8.46. The van der Waals surface area contributed by atoms with Crippen LogP contribution in [-0.4, -0.2) is 5.78 Å². The van der Waals surface area contributed by atoms with Crippen molar-refractivity contribution in [3.63, 3.8) is 0 Å². The quantitative estimate of drug-likeness (QED) is 0.598. The van der Waals surface area contributed by atoms with E-state index in [2.05, 4.69) is 0 Å². The molecule has 2 rings (SSSR count). The minimum Gasteiger partial charge on any atom is -0.289 e. The van der Waals surface area contributed by atoms with Crippen molar-refractivity contribution in [1.29, 1.82) is 0 Å². The van der Waals surface area contributed by atoms with Crippen LogP contribution >= 0.6 is 8.46 Å². The summed E-state index contributed by atoms with van der Waals surface area (Å²) >= 11 is 0. The van der Waals surface area contributed by atoms with Gasteiger partial charge in [0.25, 0.3) is 0 Å². The molecule has 0 unspecified atom stereocenters. The molecule has 2 aromatic carbocycles. The van der Waals surface area contributed by atoms with E-state index >= 15 is 0 Å². The van der Waals surface area contributed by atoms with Crippen molar-refractivity contribution in [3.05, 3.63) is 65.7 Å². The van der Waals surface area contributed by atoms with E-state index in [-0.39, 0.29) is 14.2 Å². The Kier molecular flexibility index (Phi) is 3.23. The first-order valence-electron chi connectivity index (χ1n) is 4.84. The van der Waals surface area contributed by atoms with E-state index < -0.39 is 0 Å². The first-order chi connectivity index (χ1) is 7.81. The molecule has 2 nitrogen and oxygen atoms in total. The molecule has 0 saturated carbocycles. The second-order valence-corrected chi connectivity index (χ2v) is 4.03. The fourth-order valence-electron chi connectivity index (χ4n) is 1.43.